The van der Waals surface area contributed by atoms with Crippen molar-refractivity contribution >= 4 is 6.29 Å². The first-order chi connectivity index (χ1) is 7.97. The molecule has 0 heterocycles. The van der Waals surface area contributed by atoms with Crippen LogP contribution in [0.4, 0.5) is 13.2 Å². The second kappa shape index (κ2) is 4.05. The second-order valence-electron chi connectivity index (χ2n) is 4.26. The molecule has 1 aromatic rings. The third kappa shape index (κ3) is 2.43. The number of hydrogen-bond donors (Lipinski definition) is 0. The highest BCUT2D eigenvalue weighted by Crippen LogP contribution is 2.57. The van der Waals surface area contributed by atoms with E-state index in [1.54, 1.807) is 18.2 Å². The van der Waals surface area contributed by atoms with E-state index < -0.39 is 11.6 Å². The summed E-state index contributed by atoms with van der Waals surface area (Å²) in [5.41, 5.74) is -1.29. The Bertz CT molecular complexity index is 422. The number of ether oxygens (including phenoxy) is 1. The molecule has 17 heavy (non-hydrogen) atoms. The fraction of sp³-hybridized carbons (Fsp3) is 0.417. The topological polar surface area (TPSA) is 26.3 Å². The van der Waals surface area contributed by atoms with Crippen LogP contribution in [0.15, 0.2) is 24.3 Å². The van der Waals surface area contributed by atoms with E-state index in [4.69, 9.17) is 4.74 Å². The SMILES string of the molecule is O=Cc1cccc(OCC2(C(F)(F)F)CC2)c1. The summed E-state index contributed by atoms with van der Waals surface area (Å²) in [6.45, 7) is -0.376. The van der Waals surface area contributed by atoms with Crippen molar-refractivity contribution in [2.75, 3.05) is 6.61 Å². The predicted molar refractivity (Wildman–Crippen MR) is 55.0 cm³/mol. The Hall–Kier alpha value is -1.52. The number of carbonyl (C=O) groups is 1. The molecular formula is C12H11F3O2. The average molecular weight is 244 g/mol. The zero-order chi connectivity index (χ0) is 12.5. The van der Waals surface area contributed by atoms with Gasteiger partial charge in [0.2, 0.25) is 0 Å². The Kier molecular flexibility index (Phi) is 2.85. The third-order valence-corrected chi connectivity index (χ3v) is 2.96. The first kappa shape index (κ1) is 12.0. The highest BCUT2D eigenvalue weighted by atomic mass is 19.4. The molecular weight excluding hydrogens is 233 g/mol. The van der Waals surface area contributed by atoms with Gasteiger partial charge in [0.15, 0.2) is 0 Å². The molecule has 1 aromatic carbocycles. The summed E-state index contributed by atoms with van der Waals surface area (Å²) in [5, 5.41) is 0. The normalized spacial score (nSPS) is 17.6. The van der Waals surface area contributed by atoms with Gasteiger partial charge in [0, 0.05) is 5.56 Å². The van der Waals surface area contributed by atoms with Crippen LogP contribution in [-0.2, 0) is 0 Å². The molecule has 1 saturated carbocycles. The van der Waals surface area contributed by atoms with Crippen LogP contribution in [0.1, 0.15) is 23.2 Å². The van der Waals surface area contributed by atoms with Gasteiger partial charge in [0.25, 0.3) is 0 Å². The van der Waals surface area contributed by atoms with E-state index in [0.717, 1.165) is 0 Å². The lowest BCUT2D eigenvalue weighted by Crippen LogP contribution is -2.30. The predicted octanol–water partition coefficient (Wildman–Crippen LogP) is 3.22. The summed E-state index contributed by atoms with van der Waals surface area (Å²) < 4.78 is 42.9. The number of halogens is 3. The minimum absolute atomic E-state index is 0.115. The first-order valence-corrected chi connectivity index (χ1v) is 5.22. The van der Waals surface area contributed by atoms with Gasteiger partial charge in [0.1, 0.15) is 24.1 Å². The molecule has 0 spiro atoms. The molecule has 2 nitrogen and oxygen atoms in total. The summed E-state index contributed by atoms with van der Waals surface area (Å²) in [6, 6.07) is 6.11. The van der Waals surface area contributed by atoms with Gasteiger partial charge in [-0.25, -0.2) is 0 Å². The third-order valence-electron chi connectivity index (χ3n) is 2.96. The van der Waals surface area contributed by atoms with Crippen LogP contribution in [0.25, 0.3) is 0 Å². The molecule has 0 unspecified atom stereocenters. The summed E-state index contributed by atoms with van der Waals surface area (Å²) in [5.74, 6) is 0.296. The Balaban J connectivity index is 2.01. The monoisotopic (exact) mass is 244 g/mol. The highest BCUT2D eigenvalue weighted by Gasteiger charge is 2.63. The van der Waals surface area contributed by atoms with Crippen LogP contribution in [0.3, 0.4) is 0 Å². The van der Waals surface area contributed by atoms with Crippen LogP contribution >= 0.6 is 0 Å². The largest absolute Gasteiger partial charge is 0.493 e. The summed E-state index contributed by atoms with van der Waals surface area (Å²) in [6.07, 6.45) is -3.35. The zero-order valence-electron chi connectivity index (χ0n) is 8.96. The van der Waals surface area contributed by atoms with Gasteiger partial charge in [-0.1, -0.05) is 12.1 Å². The molecule has 0 aliphatic heterocycles. The van der Waals surface area contributed by atoms with Crippen LogP contribution in [0.5, 0.6) is 5.75 Å². The van der Waals surface area contributed by atoms with E-state index >= 15 is 0 Å². The van der Waals surface area contributed by atoms with Crippen molar-refractivity contribution < 1.29 is 22.7 Å². The quantitative estimate of drug-likeness (QED) is 0.760. The maximum absolute atomic E-state index is 12.6. The van der Waals surface area contributed by atoms with Crippen molar-refractivity contribution in [3.05, 3.63) is 29.8 Å². The van der Waals surface area contributed by atoms with E-state index in [9.17, 15) is 18.0 Å². The molecule has 0 bridgehead atoms. The minimum atomic E-state index is -4.21. The van der Waals surface area contributed by atoms with Gasteiger partial charge in [-0.05, 0) is 25.0 Å². The average Bonchev–Trinajstić information content (AvgIpc) is 3.07. The summed E-state index contributed by atoms with van der Waals surface area (Å²) in [7, 11) is 0. The molecule has 0 saturated heterocycles. The van der Waals surface area contributed by atoms with Gasteiger partial charge in [0.05, 0.1) is 0 Å². The van der Waals surface area contributed by atoms with Crippen molar-refractivity contribution in [1.82, 2.24) is 0 Å². The number of rotatable bonds is 4. The molecule has 0 radical (unpaired) electrons. The standard InChI is InChI=1S/C12H11F3O2/c13-12(14,15)11(4-5-11)8-17-10-3-1-2-9(6-10)7-16/h1-3,6-7H,4-5,8H2. The van der Waals surface area contributed by atoms with Gasteiger partial charge < -0.3 is 4.74 Å². The molecule has 5 heteroatoms. The first-order valence-electron chi connectivity index (χ1n) is 5.22. The molecule has 1 aliphatic rings. The molecule has 0 amide bonds. The zero-order valence-corrected chi connectivity index (χ0v) is 8.96. The number of hydrogen-bond acceptors (Lipinski definition) is 2. The van der Waals surface area contributed by atoms with Gasteiger partial charge in [-0.3, -0.25) is 4.79 Å². The van der Waals surface area contributed by atoms with Gasteiger partial charge in [-0.15, -0.1) is 0 Å². The van der Waals surface area contributed by atoms with Crippen LogP contribution in [0, 0.1) is 5.41 Å². The fourth-order valence-electron chi connectivity index (χ4n) is 1.56. The molecule has 92 valence electrons. The number of aldehydes is 1. The molecule has 1 aliphatic carbocycles. The van der Waals surface area contributed by atoms with Crippen LogP contribution in [0.2, 0.25) is 0 Å². The van der Waals surface area contributed by atoms with E-state index in [1.807, 2.05) is 0 Å². The molecule has 0 aromatic heterocycles. The van der Waals surface area contributed by atoms with Gasteiger partial charge in [-0.2, -0.15) is 13.2 Å². The van der Waals surface area contributed by atoms with E-state index in [2.05, 4.69) is 0 Å². The Morgan fingerprint density at radius 1 is 1.35 bits per heavy atom. The molecule has 0 N–H and O–H groups in total. The minimum Gasteiger partial charge on any atom is -0.493 e. The lowest BCUT2D eigenvalue weighted by Gasteiger charge is -2.19. The van der Waals surface area contributed by atoms with Crippen LogP contribution < -0.4 is 4.74 Å². The summed E-state index contributed by atoms with van der Waals surface area (Å²) >= 11 is 0. The Morgan fingerprint density at radius 3 is 2.59 bits per heavy atom. The van der Waals surface area contributed by atoms with Gasteiger partial charge >= 0.3 is 6.18 Å². The molecule has 0 atom stereocenters. The number of carbonyl (C=O) groups excluding carboxylic acids is 1. The van der Waals surface area contributed by atoms with Crippen molar-refractivity contribution in [3.63, 3.8) is 0 Å². The van der Waals surface area contributed by atoms with Crippen LogP contribution in [-0.4, -0.2) is 19.1 Å². The van der Waals surface area contributed by atoms with Crippen molar-refractivity contribution in [1.29, 1.82) is 0 Å². The van der Waals surface area contributed by atoms with E-state index in [-0.39, 0.29) is 19.4 Å². The maximum Gasteiger partial charge on any atom is 0.397 e. The van der Waals surface area contributed by atoms with Crippen molar-refractivity contribution in [2.24, 2.45) is 5.41 Å². The Labute approximate surface area is 96.4 Å². The highest BCUT2D eigenvalue weighted by molar-refractivity contribution is 5.75. The number of benzene rings is 1. The smallest absolute Gasteiger partial charge is 0.397 e. The van der Waals surface area contributed by atoms with E-state index in [1.165, 1.54) is 6.07 Å². The van der Waals surface area contributed by atoms with Crippen molar-refractivity contribution in [3.8, 4) is 5.75 Å². The summed E-state index contributed by atoms with van der Waals surface area (Å²) in [4.78, 5) is 10.5. The van der Waals surface area contributed by atoms with Crippen molar-refractivity contribution in [2.45, 2.75) is 19.0 Å². The lowest BCUT2D eigenvalue weighted by atomic mass is 10.1. The lowest BCUT2D eigenvalue weighted by molar-refractivity contribution is -0.194. The molecule has 1 fully saturated rings. The maximum atomic E-state index is 12.6. The second-order valence-corrected chi connectivity index (χ2v) is 4.26. The van der Waals surface area contributed by atoms with E-state index in [0.29, 0.717) is 17.6 Å². The Morgan fingerprint density at radius 2 is 2.06 bits per heavy atom. The number of alkyl halides is 3. The molecule has 2 rings (SSSR count). The fourth-order valence-corrected chi connectivity index (χ4v) is 1.56.